The van der Waals surface area contributed by atoms with Crippen molar-refractivity contribution in [3.63, 3.8) is 0 Å². The van der Waals surface area contributed by atoms with Crippen molar-refractivity contribution in [1.82, 2.24) is 0 Å². The van der Waals surface area contributed by atoms with Crippen LogP contribution in [0.3, 0.4) is 0 Å². The summed E-state index contributed by atoms with van der Waals surface area (Å²) in [5, 5.41) is 9.54. The molecule has 1 aromatic carbocycles. The number of hydrogen-bond donors (Lipinski definition) is 1. The monoisotopic (exact) mass is 184 g/mol. The van der Waals surface area contributed by atoms with Crippen LogP contribution in [0.4, 0.5) is 0 Å². The molecule has 0 aliphatic carbocycles. The lowest BCUT2D eigenvalue weighted by atomic mass is 10.1. The predicted molar refractivity (Wildman–Crippen MR) is 47.5 cm³/mol. The Morgan fingerprint density at radius 2 is 1.92 bits per heavy atom. The number of aliphatic hydroxyl groups is 1. The minimum absolute atomic E-state index is 0.285. The Hall–Kier alpha value is -0.860. The summed E-state index contributed by atoms with van der Waals surface area (Å²) in [6, 6.07) is 6.43. The minimum atomic E-state index is -0.953. The molecule has 0 bridgehead atoms. The Labute approximate surface area is 75.8 Å². The van der Waals surface area contributed by atoms with Gasteiger partial charge in [0.25, 0.3) is 0 Å². The van der Waals surface area contributed by atoms with E-state index in [4.69, 9.17) is 16.7 Å². The minimum Gasteiger partial charge on any atom is -0.385 e. The molecule has 1 aromatic rings. The Morgan fingerprint density at radius 1 is 1.42 bits per heavy atom. The zero-order valence-corrected chi connectivity index (χ0v) is 7.38. The lowest BCUT2D eigenvalue weighted by Crippen LogP contribution is -2.15. The van der Waals surface area contributed by atoms with E-state index >= 15 is 0 Å². The van der Waals surface area contributed by atoms with Gasteiger partial charge in [0.1, 0.15) is 6.10 Å². The normalized spacial score (nSPS) is 12.6. The van der Waals surface area contributed by atoms with Gasteiger partial charge in [0.05, 0.1) is 0 Å². The highest BCUT2D eigenvalue weighted by atomic mass is 35.5. The van der Waals surface area contributed by atoms with Crippen LogP contribution in [0.5, 0.6) is 0 Å². The van der Waals surface area contributed by atoms with E-state index in [9.17, 15) is 4.79 Å². The fourth-order valence-corrected chi connectivity index (χ4v) is 0.981. The Kier molecular flexibility index (Phi) is 2.84. The maximum Gasteiger partial charge on any atom is 0.190 e. The summed E-state index contributed by atoms with van der Waals surface area (Å²) in [5.41, 5.74) is 0.481. The third kappa shape index (κ3) is 2.06. The number of benzene rings is 1. The van der Waals surface area contributed by atoms with Crippen LogP contribution in [0.15, 0.2) is 24.3 Å². The molecule has 0 heterocycles. The summed E-state index contributed by atoms with van der Waals surface area (Å²) in [7, 11) is 0. The first-order chi connectivity index (χ1) is 5.61. The van der Waals surface area contributed by atoms with Gasteiger partial charge >= 0.3 is 0 Å². The van der Waals surface area contributed by atoms with Crippen LogP contribution >= 0.6 is 11.6 Å². The van der Waals surface area contributed by atoms with Crippen molar-refractivity contribution in [3.8, 4) is 0 Å². The highest BCUT2D eigenvalue weighted by Gasteiger charge is 2.10. The molecule has 0 amide bonds. The zero-order chi connectivity index (χ0) is 9.14. The standard InChI is InChI=1S/C9H9ClO2/c1-6(11)9(12)7-2-4-8(10)5-3-7/h2-6,11H,1H3/t6-/m1/s1. The predicted octanol–water partition coefficient (Wildman–Crippen LogP) is 1.90. The van der Waals surface area contributed by atoms with Gasteiger partial charge in [-0.1, -0.05) is 11.6 Å². The third-order valence-corrected chi connectivity index (χ3v) is 1.76. The van der Waals surface area contributed by atoms with Crippen molar-refractivity contribution >= 4 is 17.4 Å². The Morgan fingerprint density at radius 3 is 2.33 bits per heavy atom. The van der Waals surface area contributed by atoms with Crippen LogP contribution in [-0.2, 0) is 0 Å². The number of aliphatic hydroxyl groups excluding tert-OH is 1. The van der Waals surface area contributed by atoms with E-state index < -0.39 is 6.10 Å². The van der Waals surface area contributed by atoms with Crippen LogP contribution in [-0.4, -0.2) is 17.0 Å². The number of hydrogen-bond acceptors (Lipinski definition) is 2. The first kappa shape index (κ1) is 9.23. The summed E-state index contributed by atoms with van der Waals surface area (Å²) in [5.74, 6) is -0.285. The molecule has 0 aromatic heterocycles. The molecule has 0 saturated carbocycles. The number of Topliss-reactive ketones (excluding diaryl/α,β-unsaturated/α-hetero) is 1. The number of carbonyl (C=O) groups is 1. The lowest BCUT2D eigenvalue weighted by Gasteiger charge is -2.02. The van der Waals surface area contributed by atoms with E-state index in [0.29, 0.717) is 10.6 Å². The average Bonchev–Trinajstić information content (AvgIpc) is 2.04. The van der Waals surface area contributed by atoms with Crippen molar-refractivity contribution in [2.75, 3.05) is 0 Å². The molecule has 2 nitrogen and oxygen atoms in total. The zero-order valence-electron chi connectivity index (χ0n) is 6.62. The van der Waals surface area contributed by atoms with Crippen LogP contribution in [0.25, 0.3) is 0 Å². The second-order valence-electron chi connectivity index (χ2n) is 2.55. The van der Waals surface area contributed by atoms with Gasteiger partial charge in [0, 0.05) is 10.6 Å². The SMILES string of the molecule is C[C@@H](O)C(=O)c1ccc(Cl)cc1. The van der Waals surface area contributed by atoms with Gasteiger partial charge in [-0.2, -0.15) is 0 Å². The topological polar surface area (TPSA) is 37.3 Å². The summed E-state index contributed by atoms with van der Waals surface area (Å²) < 4.78 is 0. The van der Waals surface area contributed by atoms with E-state index in [-0.39, 0.29) is 5.78 Å². The third-order valence-electron chi connectivity index (χ3n) is 1.51. The fourth-order valence-electron chi connectivity index (χ4n) is 0.855. The second-order valence-corrected chi connectivity index (χ2v) is 2.98. The largest absolute Gasteiger partial charge is 0.385 e. The molecular weight excluding hydrogens is 176 g/mol. The lowest BCUT2D eigenvalue weighted by molar-refractivity contribution is 0.0779. The maximum atomic E-state index is 11.2. The number of carbonyl (C=O) groups excluding carboxylic acids is 1. The summed E-state index contributed by atoms with van der Waals surface area (Å²) in [6.45, 7) is 1.44. The molecule has 1 atom stereocenters. The van der Waals surface area contributed by atoms with Gasteiger partial charge in [-0.25, -0.2) is 0 Å². The van der Waals surface area contributed by atoms with E-state index in [1.165, 1.54) is 6.92 Å². The van der Waals surface area contributed by atoms with Crippen molar-refractivity contribution < 1.29 is 9.90 Å². The van der Waals surface area contributed by atoms with Gasteiger partial charge in [0.15, 0.2) is 5.78 Å². The molecule has 1 rings (SSSR count). The Bertz CT molecular complexity index is 277. The molecule has 12 heavy (non-hydrogen) atoms. The molecule has 0 fully saturated rings. The quantitative estimate of drug-likeness (QED) is 0.713. The van der Waals surface area contributed by atoms with Crippen LogP contribution in [0.1, 0.15) is 17.3 Å². The van der Waals surface area contributed by atoms with Gasteiger partial charge in [-0.15, -0.1) is 0 Å². The van der Waals surface area contributed by atoms with Crippen LogP contribution in [0.2, 0.25) is 5.02 Å². The van der Waals surface area contributed by atoms with Crippen molar-refractivity contribution in [3.05, 3.63) is 34.9 Å². The van der Waals surface area contributed by atoms with Crippen molar-refractivity contribution in [2.45, 2.75) is 13.0 Å². The highest BCUT2D eigenvalue weighted by molar-refractivity contribution is 6.30. The molecule has 0 saturated heterocycles. The van der Waals surface area contributed by atoms with E-state index in [2.05, 4.69) is 0 Å². The van der Waals surface area contributed by atoms with Gasteiger partial charge in [-0.3, -0.25) is 4.79 Å². The van der Waals surface area contributed by atoms with E-state index in [1.54, 1.807) is 24.3 Å². The first-order valence-corrected chi connectivity index (χ1v) is 3.97. The smallest absolute Gasteiger partial charge is 0.190 e. The van der Waals surface area contributed by atoms with Gasteiger partial charge in [-0.05, 0) is 31.2 Å². The van der Waals surface area contributed by atoms with Crippen molar-refractivity contribution in [2.24, 2.45) is 0 Å². The van der Waals surface area contributed by atoms with Crippen molar-refractivity contribution in [1.29, 1.82) is 0 Å². The van der Waals surface area contributed by atoms with E-state index in [0.717, 1.165) is 0 Å². The fraction of sp³-hybridized carbons (Fsp3) is 0.222. The number of rotatable bonds is 2. The summed E-state index contributed by atoms with van der Waals surface area (Å²) in [4.78, 5) is 11.2. The highest BCUT2D eigenvalue weighted by Crippen LogP contribution is 2.10. The molecule has 0 spiro atoms. The maximum absolute atomic E-state index is 11.2. The van der Waals surface area contributed by atoms with Crippen LogP contribution in [0, 0.1) is 0 Å². The second kappa shape index (κ2) is 3.70. The molecule has 64 valence electrons. The summed E-state index contributed by atoms with van der Waals surface area (Å²) in [6.07, 6.45) is -0.953. The molecule has 0 unspecified atom stereocenters. The average molecular weight is 185 g/mol. The molecular formula is C9H9ClO2. The van der Waals surface area contributed by atoms with Gasteiger partial charge in [0.2, 0.25) is 0 Å². The molecule has 1 N–H and O–H groups in total. The molecule has 0 radical (unpaired) electrons. The van der Waals surface area contributed by atoms with Crippen LogP contribution < -0.4 is 0 Å². The summed E-state index contributed by atoms with van der Waals surface area (Å²) >= 11 is 5.62. The molecule has 3 heteroatoms. The number of ketones is 1. The Balaban J connectivity index is 2.90. The van der Waals surface area contributed by atoms with E-state index in [1.807, 2.05) is 0 Å². The number of halogens is 1. The first-order valence-electron chi connectivity index (χ1n) is 3.59. The molecule has 0 aliphatic rings. The molecule has 0 aliphatic heterocycles. The van der Waals surface area contributed by atoms with Gasteiger partial charge < -0.3 is 5.11 Å².